The molecule has 29 heavy (non-hydrogen) atoms. The van der Waals surface area contributed by atoms with Crippen LogP contribution in [-0.4, -0.2) is 40.0 Å². The Morgan fingerprint density at radius 2 is 1.69 bits per heavy atom. The second kappa shape index (κ2) is 8.07. The molecule has 0 aliphatic carbocycles. The summed E-state index contributed by atoms with van der Waals surface area (Å²) in [6.45, 7) is 5.62. The van der Waals surface area contributed by atoms with Crippen LogP contribution < -0.4 is 5.11 Å². The highest BCUT2D eigenvalue weighted by Crippen LogP contribution is 2.48. The number of nitrogens with zero attached hydrogens (tertiary/aromatic N) is 2. The van der Waals surface area contributed by atoms with E-state index in [0.717, 1.165) is 5.56 Å². The number of benzene rings is 2. The van der Waals surface area contributed by atoms with Crippen molar-refractivity contribution in [2.24, 2.45) is 0 Å². The summed E-state index contributed by atoms with van der Waals surface area (Å²) in [7, 11) is 0. The minimum absolute atomic E-state index is 0.0235. The molecule has 0 N–H and O–H groups in total. The highest BCUT2D eigenvalue weighted by atomic mass is 35.5. The molecule has 1 aliphatic rings. The first kappa shape index (κ1) is 21.8. The summed E-state index contributed by atoms with van der Waals surface area (Å²) in [6, 6.07) is 14.9. The Hall–Kier alpha value is -1.92. The molecule has 0 bridgehead atoms. The fourth-order valence-corrected chi connectivity index (χ4v) is 4.81. The summed E-state index contributed by atoms with van der Waals surface area (Å²) in [5.41, 5.74) is 0.567. The molecular formula is C22H24Cl2N2O3. The first-order valence-corrected chi connectivity index (χ1v) is 10.2. The Balaban J connectivity index is 2.14. The molecule has 2 amide bonds. The van der Waals surface area contributed by atoms with Crippen molar-refractivity contribution >= 4 is 35.2 Å². The molecule has 0 spiro atoms. The lowest BCUT2D eigenvalue weighted by atomic mass is 9.98. The fraction of sp³-hybridized carbons (Fsp3) is 0.364. The van der Waals surface area contributed by atoms with E-state index < -0.39 is 28.2 Å². The van der Waals surface area contributed by atoms with E-state index in [9.17, 15) is 14.7 Å². The zero-order chi connectivity index (χ0) is 21.4. The maximum Gasteiger partial charge on any atom is 0.336 e. The summed E-state index contributed by atoms with van der Waals surface area (Å²) in [5.74, 6) is -0.438. The SMILES string of the molecule is CC(C)(C)[N+]1(C(=O)[O-])C(=O)CN(CCc2ccccc2)[C@@H]1c1c(Cl)cccc1Cl. The summed E-state index contributed by atoms with van der Waals surface area (Å²) >= 11 is 13.0. The molecule has 2 aromatic rings. The average Bonchev–Trinajstić information content (AvgIpc) is 2.93. The predicted molar refractivity (Wildman–Crippen MR) is 111 cm³/mol. The molecule has 1 unspecified atom stereocenters. The molecule has 2 aromatic carbocycles. The number of quaternary nitrogens is 1. The van der Waals surface area contributed by atoms with E-state index in [1.54, 1.807) is 39.0 Å². The second-order valence-electron chi connectivity index (χ2n) is 8.27. The van der Waals surface area contributed by atoms with E-state index in [1.165, 1.54) is 0 Å². The van der Waals surface area contributed by atoms with Crippen LogP contribution in [0.15, 0.2) is 48.5 Å². The quantitative estimate of drug-likeness (QED) is 0.681. The maximum absolute atomic E-state index is 13.2. The third-order valence-corrected chi connectivity index (χ3v) is 6.24. The number of amides is 2. The largest absolute Gasteiger partial charge is 0.498 e. The van der Waals surface area contributed by atoms with E-state index in [1.807, 2.05) is 35.2 Å². The zero-order valence-corrected chi connectivity index (χ0v) is 18.2. The third kappa shape index (κ3) is 3.68. The second-order valence-corrected chi connectivity index (χ2v) is 9.08. The molecule has 5 nitrogen and oxygen atoms in total. The van der Waals surface area contributed by atoms with Gasteiger partial charge in [-0.25, -0.2) is 9.69 Å². The summed E-state index contributed by atoms with van der Waals surface area (Å²) in [5, 5.41) is 13.2. The topological polar surface area (TPSA) is 60.4 Å². The van der Waals surface area contributed by atoms with Gasteiger partial charge in [0.1, 0.15) is 12.1 Å². The Labute approximate surface area is 181 Å². The molecule has 2 atom stereocenters. The van der Waals surface area contributed by atoms with Gasteiger partial charge < -0.3 is 9.90 Å². The minimum Gasteiger partial charge on any atom is -0.498 e. The molecule has 3 rings (SSSR count). The van der Waals surface area contributed by atoms with Crippen molar-refractivity contribution < 1.29 is 19.2 Å². The lowest BCUT2D eigenvalue weighted by molar-refractivity contribution is -0.880. The van der Waals surface area contributed by atoms with E-state index in [-0.39, 0.29) is 6.54 Å². The van der Waals surface area contributed by atoms with Crippen LogP contribution in [0, 0.1) is 0 Å². The van der Waals surface area contributed by atoms with Crippen molar-refractivity contribution in [1.29, 1.82) is 0 Å². The van der Waals surface area contributed by atoms with Crippen LogP contribution in [0.5, 0.6) is 0 Å². The lowest BCUT2D eigenvalue weighted by Gasteiger charge is -2.47. The van der Waals surface area contributed by atoms with Crippen LogP contribution in [0.4, 0.5) is 4.79 Å². The predicted octanol–water partition coefficient (Wildman–Crippen LogP) is 4.04. The number of carbonyl (C=O) groups is 2. The van der Waals surface area contributed by atoms with Gasteiger partial charge in [-0.2, -0.15) is 4.48 Å². The molecule has 0 aromatic heterocycles. The van der Waals surface area contributed by atoms with Crippen LogP contribution in [0.25, 0.3) is 0 Å². The summed E-state index contributed by atoms with van der Waals surface area (Å²) < 4.78 is -0.884. The van der Waals surface area contributed by atoms with Gasteiger partial charge in [0.05, 0.1) is 15.6 Å². The molecule has 1 heterocycles. The van der Waals surface area contributed by atoms with Crippen molar-refractivity contribution in [2.45, 2.75) is 38.9 Å². The highest BCUT2D eigenvalue weighted by molar-refractivity contribution is 6.36. The van der Waals surface area contributed by atoms with E-state index >= 15 is 0 Å². The standard InChI is InChI=1S/C22H24Cl2N2O3/c1-22(2,3)26(21(28)29)18(27)14-25(13-12-15-8-5-4-6-9-15)20(26)19-16(23)10-7-11-17(19)24/h4-11,20H,12-14H2,1-3H3/t20-,26?/m0/s1. The normalized spacial score (nSPS) is 22.8. The van der Waals surface area contributed by atoms with Gasteiger partial charge in [0.25, 0.3) is 6.09 Å². The first-order chi connectivity index (χ1) is 13.6. The number of carboxylic acid groups (broad SMARTS) is 1. The van der Waals surface area contributed by atoms with Gasteiger partial charge in [-0.3, -0.25) is 0 Å². The molecule has 154 valence electrons. The van der Waals surface area contributed by atoms with Gasteiger partial charge in [-0.1, -0.05) is 59.6 Å². The Kier molecular flexibility index (Phi) is 6.06. The first-order valence-electron chi connectivity index (χ1n) is 9.46. The van der Waals surface area contributed by atoms with Gasteiger partial charge in [-0.15, -0.1) is 0 Å². The fourth-order valence-electron chi connectivity index (χ4n) is 4.22. The Morgan fingerprint density at radius 3 is 2.21 bits per heavy atom. The van der Waals surface area contributed by atoms with Crippen LogP contribution >= 0.6 is 23.2 Å². The smallest absolute Gasteiger partial charge is 0.336 e. The number of carbonyl (C=O) groups excluding carboxylic acids is 2. The number of halogens is 2. The molecule has 1 fully saturated rings. The lowest BCUT2D eigenvalue weighted by Crippen LogP contribution is -2.70. The van der Waals surface area contributed by atoms with E-state index in [0.29, 0.717) is 28.6 Å². The van der Waals surface area contributed by atoms with Gasteiger partial charge in [0.2, 0.25) is 0 Å². The molecule has 0 radical (unpaired) electrons. The average molecular weight is 435 g/mol. The van der Waals surface area contributed by atoms with E-state index in [4.69, 9.17) is 23.2 Å². The van der Waals surface area contributed by atoms with Crippen LogP contribution in [-0.2, 0) is 11.2 Å². The molecule has 1 saturated heterocycles. The number of hydrogen-bond donors (Lipinski definition) is 0. The van der Waals surface area contributed by atoms with E-state index in [2.05, 4.69) is 0 Å². The number of imide groups is 1. The Morgan fingerprint density at radius 1 is 1.10 bits per heavy atom. The molecule has 7 heteroatoms. The molecule has 1 aliphatic heterocycles. The van der Waals surface area contributed by atoms with Crippen molar-refractivity contribution in [3.8, 4) is 0 Å². The highest BCUT2D eigenvalue weighted by Gasteiger charge is 2.63. The van der Waals surface area contributed by atoms with Crippen LogP contribution in [0.1, 0.15) is 38.1 Å². The summed E-state index contributed by atoms with van der Waals surface area (Å²) in [6.07, 6.45) is -1.67. The summed E-state index contributed by atoms with van der Waals surface area (Å²) in [4.78, 5) is 27.6. The molecule has 0 saturated carbocycles. The molecular weight excluding hydrogens is 411 g/mol. The van der Waals surface area contributed by atoms with Gasteiger partial charge in [0, 0.05) is 6.54 Å². The van der Waals surface area contributed by atoms with Crippen LogP contribution in [0.2, 0.25) is 10.0 Å². The van der Waals surface area contributed by atoms with Gasteiger partial charge in [-0.05, 0) is 44.9 Å². The minimum atomic E-state index is -1.45. The number of rotatable bonds is 4. The van der Waals surface area contributed by atoms with Crippen molar-refractivity contribution in [3.63, 3.8) is 0 Å². The maximum atomic E-state index is 13.2. The van der Waals surface area contributed by atoms with Gasteiger partial charge in [0.15, 0.2) is 6.17 Å². The van der Waals surface area contributed by atoms with Crippen molar-refractivity contribution in [3.05, 3.63) is 69.7 Å². The third-order valence-electron chi connectivity index (χ3n) is 5.58. The van der Waals surface area contributed by atoms with Crippen molar-refractivity contribution in [1.82, 2.24) is 4.90 Å². The monoisotopic (exact) mass is 434 g/mol. The Bertz CT molecular complexity index is 907. The van der Waals surface area contributed by atoms with Crippen molar-refractivity contribution in [2.75, 3.05) is 13.1 Å². The van der Waals surface area contributed by atoms with Gasteiger partial charge >= 0.3 is 5.91 Å². The zero-order valence-electron chi connectivity index (χ0n) is 16.7. The number of hydrogen-bond acceptors (Lipinski definition) is 4. The van der Waals surface area contributed by atoms with Crippen LogP contribution in [0.3, 0.4) is 0 Å².